The molecule has 0 saturated heterocycles. The van der Waals surface area contributed by atoms with Crippen LogP contribution >= 0.6 is 0 Å². The normalized spacial score (nSPS) is 16.4. The summed E-state index contributed by atoms with van der Waals surface area (Å²) in [6.45, 7) is 24.0. The fourth-order valence-electron chi connectivity index (χ4n) is 3.81. The van der Waals surface area contributed by atoms with Crippen molar-refractivity contribution in [2.24, 2.45) is 28.1 Å². The van der Waals surface area contributed by atoms with Gasteiger partial charge in [-0.2, -0.15) is 0 Å². The molecule has 0 amide bonds. The zero-order valence-corrected chi connectivity index (χ0v) is 14.1. The summed E-state index contributed by atoms with van der Waals surface area (Å²) in [6, 6.07) is 0. The minimum Gasteiger partial charge on any atom is -0.0628 e. The maximum atomic E-state index is 2.45. The molecule has 0 aromatic heterocycles. The van der Waals surface area contributed by atoms with Gasteiger partial charge in [-0.25, -0.2) is 0 Å². The topological polar surface area (TPSA) is 0 Å². The Hall–Kier alpha value is 0. The highest BCUT2D eigenvalue weighted by Crippen LogP contribution is 2.48. The molecule has 17 heavy (non-hydrogen) atoms. The van der Waals surface area contributed by atoms with Crippen LogP contribution in [0.1, 0.15) is 82.1 Å². The molecule has 0 nitrogen and oxygen atoms in total. The van der Waals surface area contributed by atoms with Crippen LogP contribution in [-0.4, -0.2) is 0 Å². The molecule has 1 atom stereocenters. The largest absolute Gasteiger partial charge is 0.0628 e. The Balaban J connectivity index is 4.82. The zero-order chi connectivity index (χ0) is 14.1. The molecule has 0 bridgehead atoms. The Morgan fingerprint density at radius 1 is 0.706 bits per heavy atom. The zero-order valence-electron chi connectivity index (χ0n) is 14.1. The summed E-state index contributed by atoms with van der Waals surface area (Å²) in [5, 5.41) is 0. The van der Waals surface area contributed by atoms with Crippen molar-refractivity contribution in [1.29, 1.82) is 0 Å². The van der Waals surface area contributed by atoms with Gasteiger partial charge in [-0.15, -0.1) is 0 Å². The van der Waals surface area contributed by atoms with Crippen molar-refractivity contribution in [2.75, 3.05) is 0 Å². The summed E-state index contributed by atoms with van der Waals surface area (Å²) in [4.78, 5) is 0. The molecule has 0 aliphatic carbocycles. The first kappa shape index (κ1) is 17.0. The monoisotopic (exact) mass is 240 g/mol. The minimum absolute atomic E-state index is 0.413. The smallest absolute Gasteiger partial charge is 0.0318 e. The fraction of sp³-hybridized carbons (Fsp3) is 1.00. The van der Waals surface area contributed by atoms with E-state index in [0.717, 1.165) is 11.8 Å². The molecule has 0 fully saturated rings. The van der Waals surface area contributed by atoms with E-state index < -0.39 is 0 Å². The average Bonchev–Trinajstić information content (AvgIpc) is 1.95. The highest BCUT2D eigenvalue weighted by molar-refractivity contribution is 4.89. The lowest BCUT2D eigenvalue weighted by Gasteiger charge is -2.46. The predicted molar refractivity (Wildman–Crippen MR) is 80.3 cm³/mol. The van der Waals surface area contributed by atoms with Gasteiger partial charge in [-0.3, -0.25) is 0 Å². The molecule has 0 rings (SSSR count). The van der Waals surface area contributed by atoms with Crippen molar-refractivity contribution >= 4 is 0 Å². The predicted octanol–water partition coefficient (Wildman–Crippen LogP) is 6.16. The Kier molecular flexibility index (Phi) is 5.33. The maximum Gasteiger partial charge on any atom is -0.0318 e. The summed E-state index contributed by atoms with van der Waals surface area (Å²) < 4.78 is 0. The van der Waals surface area contributed by atoms with Gasteiger partial charge in [-0.1, -0.05) is 69.2 Å². The van der Waals surface area contributed by atoms with Crippen molar-refractivity contribution in [3.63, 3.8) is 0 Å². The Morgan fingerprint density at radius 2 is 1.12 bits per heavy atom. The Labute approximate surface area is 111 Å². The van der Waals surface area contributed by atoms with E-state index in [1.807, 2.05) is 0 Å². The molecule has 0 heterocycles. The van der Waals surface area contributed by atoms with E-state index in [4.69, 9.17) is 0 Å². The standard InChI is InChI=1S/C17H36/c1-13(2)11-16(7,8)14(3)17(9,10)12-15(4,5)6/h13-14H,11-12H2,1-10H3. The first-order valence-corrected chi connectivity index (χ1v) is 7.28. The maximum absolute atomic E-state index is 2.45. The van der Waals surface area contributed by atoms with Gasteiger partial charge < -0.3 is 0 Å². The number of hydrogen-bond donors (Lipinski definition) is 0. The van der Waals surface area contributed by atoms with Crippen LogP contribution in [0.2, 0.25) is 0 Å². The summed E-state index contributed by atoms with van der Waals surface area (Å²) >= 11 is 0. The van der Waals surface area contributed by atoms with Crippen LogP contribution in [0.25, 0.3) is 0 Å². The molecule has 0 aromatic carbocycles. The number of hydrogen-bond acceptors (Lipinski definition) is 0. The second kappa shape index (κ2) is 5.33. The molecule has 0 aliphatic rings. The lowest BCUT2D eigenvalue weighted by molar-refractivity contribution is 0.0378. The van der Waals surface area contributed by atoms with Gasteiger partial charge in [0.1, 0.15) is 0 Å². The summed E-state index contributed by atoms with van der Waals surface area (Å²) in [7, 11) is 0. The van der Waals surface area contributed by atoms with Gasteiger partial charge in [0.25, 0.3) is 0 Å². The van der Waals surface area contributed by atoms with Crippen molar-refractivity contribution in [1.82, 2.24) is 0 Å². The third kappa shape index (κ3) is 5.93. The third-order valence-electron chi connectivity index (χ3n) is 4.26. The molecular formula is C17H36. The van der Waals surface area contributed by atoms with Gasteiger partial charge >= 0.3 is 0 Å². The first-order valence-electron chi connectivity index (χ1n) is 7.28. The second-order valence-corrected chi connectivity index (χ2v) is 9.03. The van der Waals surface area contributed by atoms with Crippen LogP contribution in [0.3, 0.4) is 0 Å². The molecule has 0 radical (unpaired) electrons. The summed E-state index contributed by atoms with van der Waals surface area (Å²) in [6.07, 6.45) is 2.62. The first-order chi connectivity index (χ1) is 7.28. The minimum atomic E-state index is 0.413. The number of rotatable bonds is 5. The summed E-state index contributed by atoms with van der Waals surface area (Å²) in [5.41, 5.74) is 1.27. The highest BCUT2D eigenvalue weighted by atomic mass is 14.4. The second-order valence-electron chi connectivity index (χ2n) is 9.03. The van der Waals surface area contributed by atoms with Gasteiger partial charge in [0.2, 0.25) is 0 Å². The molecule has 0 spiro atoms. The average molecular weight is 240 g/mol. The van der Waals surface area contributed by atoms with E-state index in [2.05, 4.69) is 69.2 Å². The fourth-order valence-corrected chi connectivity index (χ4v) is 3.81. The van der Waals surface area contributed by atoms with Crippen LogP contribution < -0.4 is 0 Å². The molecule has 0 N–H and O–H groups in total. The molecule has 104 valence electrons. The van der Waals surface area contributed by atoms with Crippen molar-refractivity contribution in [2.45, 2.75) is 82.1 Å². The van der Waals surface area contributed by atoms with Crippen molar-refractivity contribution < 1.29 is 0 Å². The van der Waals surface area contributed by atoms with E-state index in [0.29, 0.717) is 16.2 Å². The van der Waals surface area contributed by atoms with Crippen LogP contribution in [0.5, 0.6) is 0 Å². The lowest BCUT2D eigenvalue weighted by atomic mass is 9.59. The lowest BCUT2D eigenvalue weighted by Crippen LogP contribution is -2.37. The van der Waals surface area contributed by atoms with E-state index in [9.17, 15) is 0 Å². The molecule has 0 heteroatoms. The molecular weight excluding hydrogens is 204 g/mol. The van der Waals surface area contributed by atoms with Crippen molar-refractivity contribution in [3.8, 4) is 0 Å². The van der Waals surface area contributed by atoms with E-state index in [1.54, 1.807) is 0 Å². The van der Waals surface area contributed by atoms with Crippen molar-refractivity contribution in [3.05, 3.63) is 0 Å². The van der Waals surface area contributed by atoms with Gasteiger partial charge in [0.15, 0.2) is 0 Å². The van der Waals surface area contributed by atoms with Crippen LogP contribution in [0, 0.1) is 28.1 Å². The molecule has 0 aliphatic heterocycles. The third-order valence-corrected chi connectivity index (χ3v) is 4.26. The Bertz CT molecular complexity index is 225. The van der Waals surface area contributed by atoms with Gasteiger partial charge in [0.05, 0.1) is 0 Å². The quantitative estimate of drug-likeness (QED) is 0.540. The Morgan fingerprint density at radius 3 is 1.41 bits per heavy atom. The highest BCUT2D eigenvalue weighted by Gasteiger charge is 2.39. The van der Waals surface area contributed by atoms with Gasteiger partial charge in [0, 0.05) is 0 Å². The van der Waals surface area contributed by atoms with E-state index in [-0.39, 0.29) is 0 Å². The molecule has 1 unspecified atom stereocenters. The van der Waals surface area contributed by atoms with Crippen LogP contribution in [0.4, 0.5) is 0 Å². The van der Waals surface area contributed by atoms with E-state index in [1.165, 1.54) is 12.8 Å². The molecule has 0 saturated carbocycles. The van der Waals surface area contributed by atoms with Crippen LogP contribution in [-0.2, 0) is 0 Å². The van der Waals surface area contributed by atoms with E-state index >= 15 is 0 Å². The summed E-state index contributed by atoms with van der Waals surface area (Å²) in [5.74, 6) is 1.54. The molecule has 0 aromatic rings. The van der Waals surface area contributed by atoms with Gasteiger partial charge in [-0.05, 0) is 40.9 Å². The SMILES string of the molecule is CC(C)CC(C)(C)C(C)C(C)(C)CC(C)(C)C. The van der Waals surface area contributed by atoms with Crippen LogP contribution in [0.15, 0.2) is 0 Å².